The fourth-order valence-corrected chi connectivity index (χ4v) is 3.03. The van der Waals surface area contributed by atoms with Crippen LogP contribution in [0.15, 0.2) is 18.2 Å². The Hall–Kier alpha value is -0.930. The molecule has 1 fully saturated rings. The fourth-order valence-electron chi connectivity index (χ4n) is 3.03. The zero-order valence-electron chi connectivity index (χ0n) is 13.0. The third-order valence-electron chi connectivity index (χ3n) is 4.20. The fraction of sp³-hybridized carbons (Fsp3) is 0.647. The molecule has 1 heterocycles. The molecule has 2 rings (SSSR count). The maximum Gasteiger partial charge on any atom is 0.123 e. The summed E-state index contributed by atoms with van der Waals surface area (Å²) >= 11 is 0. The molecule has 0 bridgehead atoms. The van der Waals surface area contributed by atoms with Gasteiger partial charge in [-0.15, -0.1) is 0 Å². The van der Waals surface area contributed by atoms with E-state index < -0.39 is 0 Å². The molecule has 112 valence electrons. The van der Waals surface area contributed by atoms with Gasteiger partial charge in [0, 0.05) is 32.2 Å². The van der Waals surface area contributed by atoms with Gasteiger partial charge in [-0.1, -0.05) is 19.9 Å². The second kappa shape index (κ2) is 7.19. The van der Waals surface area contributed by atoms with E-state index >= 15 is 0 Å². The molecule has 0 saturated carbocycles. The second-order valence-corrected chi connectivity index (χ2v) is 6.27. The highest BCUT2D eigenvalue weighted by atomic mass is 19.1. The van der Waals surface area contributed by atoms with Crippen LogP contribution in [0.25, 0.3) is 0 Å². The molecule has 1 atom stereocenters. The van der Waals surface area contributed by atoms with Crippen molar-refractivity contribution < 1.29 is 4.39 Å². The molecule has 1 aromatic carbocycles. The van der Waals surface area contributed by atoms with E-state index in [1.54, 1.807) is 12.1 Å². The van der Waals surface area contributed by atoms with Crippen LogP contribution in [0, 0.1) is 18.7 Å². The third-order valence-corrected chi connectivity index (χ3v) is 4.20. The number of piperazine rings is 1. The first-order valence-corrected chi connectivity index (χ1v) is 7.78. The van der Waals surface area contributed by atoms with E-state index in [1.807, 2.05) is 13.0 Å². The summed E-state index contributed by atoms with van der Waals surface area (Å²) < 4.78 is 13.3. The first-order valence-electron chi connectivity index (χ1n) is 7.78. The zero-order valence-corrected chi connectivity index (χ0v) is 13.0. The van der Waals surface area contributed by atoms with Crippen LogP contribution in [-0.2, 0) is 0 Å². The Morgan fingerprint density at radius 3 is 2.50 bits per heavy atom. The van der Waals surface area contributed by atoms with Gasteiger partial charge in [0.15, 0.2) is 0 Å². The number of nitrogens with one attached hydrogen (secondary N) is 1. The second-order valence-electron chi connectivity index (χ2n) is 6.27. The van der Waals surface area contributed by atoms with Gasteiger partial charge >= 0.3 is 0 Å². The van der Waals surface area contributed by atoms with Gasteiger partial charge in [-0.2, -0.15) is 0 Å². The highest BCUT2D eigenvalue weighted by Gasteiger charge is 2.23. The molecular weight excluding hydrogens is 251 g/mol. The van der Waals surface area contributed by atoms with Crippen LogP contribution in [0.2, 0.25) is 0 Å². The summed E-state index contributed by atoms with van der Waals surface area (Å²) in [5.41, 5.74) is 2.38. The lowest BCUT2D eigenvalue weighted by molar-refractivity contribution is 0.159. The summed E-state index contributed by atoms with van der Waals surface area (Å²) in [6.45, 7) is 10.8. The van der Waals surface area contributed by atoms with Crippen molar-refractivity contribution in [3.63, 3.8) is 0 Å². The van der Waals surface area contributed by atoms with Gasteiger partial charge in [-0.25, -0.2) is 4.39 Å². The summed E-state index contributed by atoms with van der Waals surface area (Å²) in [6.07, 6.45) is 2.37. The molecule has 0 radical (unpaired) electrons. The van der Waals surface area contributed by atoms with Crippen LogP contribution in [0.4, 0.5) is 4.39 Å². The molecule has 3 heteroatoms. The molecular formula is C17H27FN2. The van der Waals surface area contributed by atoms with E-state index in [1.165, 1.54) is 12.0 Å². The van der Waals surface area contributed by atoms with Crippen molar-refractivity contribution in [2.24, 2.45) is 5.92 Å². The predicted molar refractivity (Wildman–Crippen MR) is 82.4 cm³/mol. The average molecular weight is 278 g/mol. The number of hydrogen-bond acceptors (Lipinski definition) is 2. The lowest BCUT2D eigenvalue weighted by Gasteiger charge is -2.36. The number of rotatable bonds is 5. The Labute approximate surface area is 122 Å². The van der Waals surface area contributed by atoms with Crippen LogP contribution in [0.1, 0.15) is 43.9 Å². The van der Waals surface area contributed by atoms with E-state index in [-0.39, 0.29) is 5.82 Å². The molecule has 1 aliphatic heterocycles. The zero-order chi connectivity index (χ0) is 14.5. The Morgan fingerprint density at radius 1 is 1.20 bits per heavy atom. The number of nitrogens with zero attached hydrogens (tertiary/aromatic N) is 1. The Balaban J connectivity index is 2.19. The van der Waals surface area contributed by atoms with Crippen molar-refractivity contribution in [1.82, 2.24) is 10.2 Å². The first kappa shape index (κ1) is 15.5. The van der Waals surface area contributed by atoms with Crippen LogP contribution in [0.3, 0.4) is 0 Å². The molecule has 2 nitrogen and oxygen atoms in total. The van der Waals surface area contributed by atoms with Crippen molar-refractivity contribution in [3.05, 3.63) is 35.1 Å². The first-order chi connectivity index (χ1) is 9.58. The molecule has 0 aliphatic carbocycles. The Kier molecular flexibility index (Phi) is 5.55. The van der Waals surface area contributed by atoms with Crippen LogP contribution >= 0.6 is 0 Å². The van der Waals surface area contributed by atoms with Gasteiger partial charge in [-0.05, 0) is 48.9 Å². The van der Waals surface area contributed by atoms with Crippen molar-refractivity contribution in [1.29, 1.82) is 0 Å². The van der Waals surface area contributed by atoms with E-state index in [2.05, 4.69) is 24.1 Å². The molecule has 0 unspecified atom stereocenters. The van der Waals surface area contributed by atoms with E-state index in [0.29, 0.717) is 12.0 Å². The SMILES string of the molecule is Cc1cc(F)ccc1[C@H](CCC(C)C)N1CCNCC1. The molecule has 1 N–H and O–H groups in total. The van der Waals surface area contributed by atoms with Gasteiger partial charge in [0.25, 0.3) is 0 Å². The van der Waals surface area contributed by atoms with Gasteiger partial charge in [0.2, 0.25) is 0 Å². The molecule has 1 saturated heterocycles. The van der Waals surface area contributed by atoms with Gasteiger partial charge in [0.05, 0.1) is 0 Å². The monoisotopic (exact) mass is 278 g/mol. The van der Waals surface area contributed by atoms with Crippen molar-refractivity contribution >= 4 is 0 Å². The quantitative estimate of drug-likeness (QED) is 0.886. The van der Waals surface area contributed by atoms with Gasteiger partial charge in [-0.3, -0.25) is 4.90 Å². The minimum Gasteiger partial charge on any atom is -0.314 e. The molecule has 1 aliphatic rings. The van der Waals surface area contributed by atoms with E-state index in [4.69, 9.17) is 0 Å². The number of aryl methyl sites for hydroxylation is 1. The van der Waals surface area contributed by atoms with Crippen molar-refractivity contribution in [3.8, 4) is 0 Å². The number of halogens is 1. The topological polar surface area (TPSA) is 15.3 Å². The molecule has 20 heavy (non-hydrogen) atoms. The lowest BCUT2D eigenvalue weighted by atomic mass is 9.93. The van der Waals surface area contributed by atoms with Gasteiger partial charge < -0.3 is 5.32 Å². The molecule has 0 spiro atoms. The summed E-state index contributed by atoms with van der Waals surface area (Å²) in [5.74, 6) is 0.579. The number of hydrogen-bond donors (Lipinski definition) is 1. The summed E-state index contributed by atoms with van der Waals surface area (Å²) in [4.78, 5) is 2.55. The molecule has 0 aromatic heterocycles. The number of benzene rings is 1. The normalized spacial score (nSPS) is 18.4. The van der Waals surface area contributed by atoms with Crippen LogP contribution in [0.5, 0.6) is 0 Å². The maximum atomic E-state index is 13.3. The van der Waals surface area contributed by atoms with Crippen LogP contribution < -0.4 is 5.32 Å². The van der Waals surface area contributed by atoms with E-state index in [9.17, 15) is 4.39 Å². The maximum absolute atomic E-state index is 13.3. The third kappa shape index (κ3) is 4.03. The minimum atomic E-state index is -0.130. The Bertz CT molecular complexity index is 425. The Morgan fingerprint density at radius 2 is 1.90 bits per heavy atom. The standard InChI is InChI=1S/C17H27FN2/c1-13(2)4-7-17(20-10-8-19-9-11-20)16-6-5-15(18)12-14(16)3/h5-6,12-13,17,19H,4,7-11H2,1-3H3/t17-/m0/s1. The van der Waals surface area contributed by atoms with Crippen molar-refractivity contribution in [2.75, 3.05) is 26.2 Å². The van der Waals surface area contributed by atoms with Crippen molar-refractivity contribution in [2.45, 2.75) is 39.7 Å². The van der Waals surface area contributed by atoms with E-state index in [0.717, 1.165) is 38.2 Å². The smallest absolute Gasteiger partial charge is 0.123 e. The average Bonchev–Trinajstić information content (AvgIpc) is 2.42. The summed E-state index contributed by atoms with van der Waals surface area (Å²) in [6, 6.07) is 5.69. The largest absolute Gasteiger partial charge is 0.314 e. The molecule has 1 aromatic rings. The lowest BCUT2D eigenvalue weighted by Crippen LogP contribution is -2.45. The highest BCUT2D eigenvalue weighted by Crippen LogP contribution is 2.30. The highest BCUT2D eigenvalue weighted by molar-refractivity contribution is 5.29. The predicted octanol–water partition coefficient (Wildman–Crippen LogP) is 3.52. The van der Waals surface area contributed by atoms with Crippen LogP contribution in [-0.4, -0.2) is 31.1 Å². The minimum absolute atomic E-state index is 0.130. The molecule has 0 amide bonds. The summed E-state index contributed by atoms with van der Waals surface area (Å²) in [5, 5.41) is 3.41. The van der Waals surface area contributed by atoms with Gasteiger partial charge in [0.1, 0.15) is 5.82 Å². The summed E-state index contributed by atoms with van der Waals surface area (Å²) in [7, 11) is 0.